The monoisotopic (exact) mass is 395 g/mol. The van der Waals surface area contributed by atoms with E-state index in [4.69, 9.17) is 0 Å². The van der Waals surface area contributed by atoms with Gasteiger partial charge in [0.25, 0.3) is 0 Å². The van der Waals surface area contributed by atoms with Crippen molar-refractivity contribution in [3.05, 3.63) is 70.9 Å². The lowest BCUT2D eigenvalue weighted by Gasteiger charge is -2.30. The van der Waals surface area contributed by atoms with Gasteiger partial charge < -0.3 is 5.32 Å². The number of amides is 1. The Morgan fingerprint density at radius 2 is 1.89 bits per heavy atom. The molecule has 0 saturated carbocycles. The SMILES string of the molecule is O=C(Nc1cccc(-c2cccc(F)c2)c1)C1CCN(Cc2nccs2)CC1. The average Bonchev–Trinajstić information content (AvgIpc) is 3.22. The van der Waals surface area contributed by atoms with E-state index in [1.54, 1.807) is 17.4 Å². The number of nitrogens with one attached hydrogen (secondary N) is 1. The Balaban J connectivity index is 1.35. The van der Waals surface area contributed by atoms with Gasteiger partial charge in [0, 0.05) is 23.2 Å². The van der Waals surface area contributed by atoms with Crippen LogP contribution in [0.3, 0.4) is 0 Å². The Labute approximate surface area is 168 Å². The van der Waals surface area contributed by atoms with Crippen LogP contribution in [0.1, 0.15) is 17.8 Å². The summed E-state index contributed by atoms with van der Waals surface area (Å²) in [7, 11) is 0. The number of thiazole rings is 1. The molecular weight excluding hydrogens is 373 g/mol. The van der Waals surface area contributed by atoms with E-state index in [1.807, 2.05) is 41.9 Å². The topological polar surface area (TPSA) is 45.2 Å². The fraction of sp³-hybridized carbons (Fsp3) is 0.273. The normalized spacial score (nSPS) is 15.5. The van der Waals surface area contributed by atoms with E-state index < -0.39 is 0 Å². The molecular formula is C22H22FN3OS. The molecule has 0 atom stereocenters. The molecule has 0 spiro atoms. The zero-order valence-corrected chi connectivity index (χ0v) is 16.3. The number of hydrogen-bond donors (Lipinski definition) is 1. The zero-order chi connectivity index (χ0) is 19.3. The van der Waals surface area contributed by atoms with Crippen LogP contribution in [-0.2, 0) is 11.3 Å². The average molecular weight is 396 g/mol. The summed E-state index contributed by atoms with van der Waals surface area (Å²) in [6.45, 7) is 2.67. The van der Waals surface area contributed by atoms with Gasteiger partial charge in [-0.2, -0.15) is 0 Å². The van der Waals surface area contributed by atoms with Crippen molar-refractivity contribution in [3.63, 3.8) is 0 Å². The summed E-state index contributed by atoms with van der Waals surface area (Å²) in [5, 5.41) is 6.15. The van der Waals surface area contributed by atoms with Gasteiger partial charge in [0.1, 0.15) is 10.8 Å². The highest BCUT2D eigenvalue weighted by atomic mass is 32.1. The second-order valence-corrected chi connectivity index (χ2v) is 8.04. The minimum absolute atomic E-state index is 0.0189. The quantitative estimate of drug-likeness (QED) is 0.675. The van der Waals surface area contributed by atoms with E-state index >= 15 is 0 Å². The minimum atomic E-state index is -0.267. The van der Waals surface area contributed by atoms with Crippen LogP contribution in [0.4, 0.5) is 10.1 Å². The number of piperidine rings is 1. The first-order valence-corrected chi connectivity index (χ1v) is 10.3. The molecule has 1 N–H and O–H groups in total. The summed E-state index contributed by atoms with van der Waals surface area (Å²) in [5.74, 6) is -0.188. The standard InChI is InChI=1S/C22H22FN3OS/c23-19-5-1-3-17(13-19)18-4-2-6-20(14-18)25-22(27)16-7-10-26(11-8-16)15-21-24-9-12-28-21/h1-6,9,12-14,16H,7-8,10-11,15H2,(H,25,27). The number of rotatable bonds is 5. The summed E-state index contributed by atoms with van der Waals surface area (Å²) in [5.41, 5.74) is 2.43. The molecule has 0 aliphatic carbocycles. The van der Waals surface area contributed by atoms with E-state index in [-0.39, 0.29) is 17.6 Å². The van der Waals surface area contributed by atoms with Crippen LogP contribution in [0, 0.1) is 11.7 Å². The van der Waals surface area contributed by atoms with Crippen molar-refractivity contribution in [3.8, 4) is 11.1 Å². The molecule has 0 unspecified atom stereocenters. The molecule has 4 nitrogen and oxygen atoms in total. The van der Waals surface area contributed by atoms with E-state index in [0.29, 0.717) is 0 Å². The van der Waals surface area contributed by atoms with Crippen LogP contribution in [0.25, 0.3) is 11.1 Å². The number of anilines is 1. The van der Waals surface area contributed by atoms with E-state index in [1.165, 1.54) is 12.1 Å². The van der Waals surface area contributed by atoms with Crippen molar-refractivity contribution in [1.82, 2.24) is 9.88 Å². The van der Waals surface area contributed by atoms with E-state index in [0.717, 1.165) is 54.3 Å². The second-order valence-electron chi connectivity index (χ2n) is 7.06. The third-order valence-electron chi connectivity index (χ3n) is 5.09. The van der Waals surface area contributed by atoms with Gasteiger partial charge in [-0.3, -0.25) is 9.69 Å². The first-order valence-electron chi connectivity index (χ1n) is 9.45. The fourth-order valence-corrected chi connectivity index (χ4v) is 4.22. The van der Waals surface area contributed by atoms with Gasteiger partial charge in [0.05, 0.1) is 6.54 Å². The highest BCUT2D eigenvalue weighted by molar-refractivity contribution is 7.09. The first kappa shape index (κ1) is 18.8. The van der Waals surface area contributed by atoms with E-state index in [2.05, 4.69) is 15.2 Å². The number of hydrogen-bond acceptors (Lipinski definition) is 4. The molecule has 4 rings (SSSR count). The largest absolute Gasteiger partial charge is 0.326 e. The van der Waals surface area contributed by atoms with Crippen LogP contribution in [0.5, 0.6) is 0 Å². The summed E-state index contributed by atoms with van der Waals surface area (Å²) in [6, 6.07) is 14.0. The lowest BCUT2D eigenvalue weighted by molar-refractivity contribution is -0.121. The maximum atomic E-state index is 13.5. The van der Waals surface area contributed by atoms with Crippen molar-refractivity contribution in [2.75, 3.05) is 18.4 Å². The van der Waals surface area contributed by atoms with Gasteiger partial charge in [-0.15, -0.1) is 11.3 Å². The van der Waals surface area contributed by atoms with Crippen LogP contribution >= 0.6 is 11.3 Å². The molecule has 28 heavy (non-hydrogen) atoms. The number of benzene rings is 2. The summed E-state index contributed by atoms with van der Waals surface area (Å²) < 4.78 is 13.5. The van der Waals surface area contributed by atoms with Crippen LogP contribution < -0.4 is 5.32 Å². The minimum Gasteiger partial charge on any atom is -0.326 e. The number of carbonyl (C=O) groups excluding carboxylic acids is 1. The van der Waals surface area contributed by atoms with Crippen molar-refractivity contribution >= 4 is 22.9 Å². The molecule has 1 amide bonds. The maximum absolute atomic E-state index is 13.5. The molecule has 0 bridgehead atoms. The molecule has 1 fully saturated rings. The van der Waals surface area contributed by atoms with Crippen molar-refractivity contribution in [1.29, 1.82) is 0 Å². The molecule has 3 aromatic rings. The van der Waals surface area contributed by atoms with Gasteiger partial charge in [-0.05, 0) is 61.3 Å². The lowest BCUT2D eigenvalue weighted by atomic mass is 9.95. The zero-order valence-electron chi connectivity index (χ0n) is 15.5. The molecule has 1 aromatic heterocycles. The molecule has 1 aliphatic heterocycles. The smallest absolute Gasteiger partial charge is 0.227 e. The molecule has 6 heteroatoms. The molecule has 0 radical (unpaired) electrons. The Bertz CT molecular complexity index is 936. The summed E-state index contributed by atoms with van der Waals surface area (Å²) in [4.78, 5) is 19.4. The molecule has 1 aliphatic rings. The fourth-order valence-electron chi connectivity index (χ4n) is 3.56. The van der Waals surface area contributed by atoms with Gasteiger partial charge in [-0.1, -0.05) is 24.3 Å². The van der Waals surface area contributed by atoms with E-state index in [9.17, 15) is 9.18 Å². The summed E-state index contributed by atoms with van der Waals surface area (Å²) in [6.07, 6.45) is 3.53. The number of nitrogens with zero attached hydrogens (tertiary/aromatic N) is 2. The van der Waals surface area contributed by atoms with Crippen molar-refractivity contribution in [2.24, 2.45) is 5.92 Å². The predicted octanol–water partition coefficient (Wildman–Crippen LogP) is 4.80. The van der Waals surface area contributed by atoms with Gasteiger partial charge >= 0.3 is 0 Å². The first-order chi connectivity index (χ1) is 13.7. The van der Waals surface area contributed by atoms with Crippen molar-refractivity contribution < 1.29 is 9.18 Å². The molecule has 2 aromatic carbocycles. The predicted molar refractivity (Wildman–Crippen MR) is 111 cm³/mol. The molecule has 2 heterocycles. The third kappa shape index (κ3) is 4.64. The third-order valence-corrected chi connectivity index (χ3v) is 5.85. The number of likely N-dealkylation sites (tertiary alicyclic amines) is 1. The Morgan fingerprint density at radius 1 is 1.14 bits per heavy atom. The van der Waals surface area contributed by atoms with Gasteiger partial charge in [0.15, 0.2) is 0 Å². The van der Waals surface area contributed by atoms with Gasteiger partial charge in [-0.25, -0.2) is 9.37 Å². The number of carbonyl (C=O) groups is 1. The van der Waals surface area contributed by atoms with Crippen molar-refractivity contribution in [2.45, 2.75) is 19.4 Å². The Kier molecular flexibility index (Phi) is 5.78. The highest BCUT2D eigenvalue weighted by Gasteiger charge is 2.25. The second kappa shape index (κ2) is 8.63. The van der Waals surface area contributed by atoms with Crippen LogP contribution in [0.15, 0.2) is 60.1 Å². The van der Waals surface area contributed by atoms with Crippen LogP contribution in [-0.4, -0.2) is 28.9 Å². The number of aromatic nitrogens is 1. The maximum Gasteiger partial charge on any atom is 0.227 e. The van der Waals surface area contributed by atoms with Crippen LogP contribution in [0.2, 0.25) is 0 Å². The molecule has 1 saturated heterocycles. The summed E-state index contributed by atoms with van der Waals surface area (Å²) >= 11 is 1.67. The van der Waals surface area contributed by atoms with Gasteiger partial charge in [0.2, 0.25) is 5.91 Å². The molecule has 144 valence electrons. The Morgan fingerprint density at radius 3 is 2.61 bits per heavy atom. The Hall–Kier alpha value is -2.57. The highest BCUT2D eigenvalue weighted by Crippen LogP contribution is 2.25. The number of halogens is 1. The lowest BCUT2D eigenvalue weighted by Crippen LogP contribution is -2.37.